The summed E-state index contributed by atoms with van der Waals surface area (Å²) in [5.41, 5.74) is 10.7. The highest BCUT2D eigenvalue weighted by Crippen LogP contribution is 2.23. The molecule has 0 aliphatic heterocycles. The Bertz CT molecular complexity index is 809. The van der Waals surface area contributed by atoms with Crippen molar-refractivity contribution in [1.29, 1.82) is 0 Å². The Hall–Kier alpha value is -2.33. The zero-order valence-corrected chi connectivity index (χ0v) is 12.5. The van der Waals surface area contributed by atoms with E-state index in [-0.39, 0.29) is 6.04 Å². The number of benzene rings is 1. The Morgan fingerprint density at radius 2 is 1.86 bits per heavy atom. The maximum absolute atomic E-state index is 5.91. The second kappa shape index (κ2) is 5.22. The van der Waals surface area contributed by atoms with E-state index in [1.165, 1.54) is 5.56 Å². The molecular weight excluding hydrogens is 260 g/mol. The minimum atomic E-state index is -0.0645. The van der Waals surface area contributed by atoms with Crippen molar-refractivity contribution in [3.63, 3.8) is 0 Å². The van der Waals surface area contributed by atoms with Crippen LogP contribution in [0.5, 0.6) is 0 Å². The monoisotopic (exact) mass is 278 g/mol. The highest BCUT2D eigenvalue weighted by atomic mass is 14.9. The first kappa shape index (κ1) is 13.6. The highest BCUT2D eigenvalue weighted by Gasteiger charge is 2.11. The fourth-order valence-corrected chi connectivity index (χ4v) is 2.51. The third-order valence-corrected chi connectivity index (χ3v) is 3.66. The van der Waals surface area contributed by atoms with E-state index in [9.17, 15) is 0 Å². The predicted molar refractivity (Wildman–Crippen MR) is 84.8 cm³/mol. The molecule has 2 heterocycles. The van der Waals surface area contributed by atoms with Gasteiger partial charge in [0.05, 0.1) is 5.52 Å². The lowest BCUT2D eigenvalue weighted by Gasteiger charge is -2.10. The van der Waals surface area contributed by atoms with Gasteiger partial charge in [0.1, 0.15) is 5.69 Å². The molecule has 1 atom stereocenters. The lowest BCUT2D eigenvalue weighted by molar-refractivity contribution is 0.790. The van der Waals surface area contributed by atoms with Gasteiger partial charge in [-0.2, -0.15) is 0 Å². The van der Waals surface area contributed by atoms with Crippen LogP contribution >= 0.6 is 0 Å². The Balaban J connectivity index is 2.14. The molecule has 2 aromatic heterocycles. The maximum Gasteiger partial charge on any atom is 0.178 e. The summed E-state index contributed by atoms with van der Waals surface area (Å²) < 4.78 is 0. The summed E-state index contributed by atoms with van der Waals surface area (Å²) in [6.07, 6.45) is 1.80. The molecule has 0 saturated carbocycles. The zero-order chi connectivity index (χ0) is 15.0. The minimum absolute atomic E-state index is 0.0645. The molecule has 0 fully saturated rings. The number of pyridine rings is 1. The molecule has 0 aliphatic carbocycles. The molecule has 0 aliphatic rings. The molecule has 0 amide bonds. The van der Waals surface area contributed by atoms with Crippen LogP contribution in [-0.4, -0.2) is 15.0 Å². The smallest absolute Gasteiger partial charge is 0.178 e. The largest absolute Gasteiger partial charge is 0.324 e. The van der Waals surface area contributed by atoms with Crippen LogP contribution in [0.2, 0.25) is 0 Å². The standard InChI is InChI=1S/C17H18N4/c1-10-8-16(21-15-7-5-4-6-13(10)15)17-19-9-14(11(2)18)12(3)20-17/h4-9,11H,18H2,1-3H3/t11-/m1/s1. The van der Waals surface area contributed by atoms with Crippen molar-refractivity contribution in [2.45, 2.75) is 26.8 Å². The van der Waals surface area contributed by atoms with Gasteiger partial charge in [0.15, 0.2) is 5.82 Å². The highest BCUT2D eigenvalue weighted by molar-refractivity contribution is 5.84. The van der Waals surface area contributed by atoms with Crippen LogP contribution in [0.3, 0.4) is 0 Å². The number of para-hydroxylation sites is 1. The number of nitrogens with zero attached hydrogens (tertiary/aromatic N) is 3. The number of aryl methyl sites for hydroxylation is 2. The molecule has 21 heavy (non-hydrogen) atoms. The van der Waals surface area contributed by atoms with Crippen molar-refractivity contribution in [3.05, 3.63) is 53.3 Å². The van der Waals surface area contributed by atoms with Crippen molar-refractivity contribution >= 4 is 10.9 Å². The van der Waals surface area contributed by atoms with Crippen molar-refractivity contribution in [2.24, 2.45) is 5.73 Å². The molecule has 0 unspecified atom stereocenters. The average molecular weight is 278 g/mol. The molecule has 4 heteroatoms. The van der Waals surface area contributed by atoms with Crippen LogP contribution < -0.4 is 5.73 Å². The molecule has 106 valence electrons. The van der Waals surface area contributed by atoms with Gasteiger partial charge in [-0.3, -0.25) is 0 Å². The van der Waals surface area contributed by atoms with Crippen LogP contribution in [0.4, 0.5) is 0 Å². The molecular formula is C17H18N4. The first-order chi connectivity index (χ1) is 10.1. The molecule has 0 bridgehead atoms. The van der Waals surface area contributed by atoms with Gasteiger partial charge in [-0.05, 0) is 38.5 Å². The van der Waals surface area contributed by atoms with Gasteiger partial charge in [-0.1, -0.05) is 18.2 Å². The van der Waals surface area contributed by atoms with Gasteiger partial charge in [-0.25, -0.2) is 15.0 Å². The van der Waals surface area contributed by atoms with Crippen LogP contribution in [0, 0.1) is 13.8 Å². The van der Waals surface area contributed by atoms with E-state index in [0.717, 1.165) is 27.9 Å². The second-order valence-electron chi connectivity index (χ2n) is 5.36. The van der Waals surface area contributed by atoms with Crippen LogP contribution in [0.25, 0.3) is 22.4 Å². The second-order valence-corrected chi connectivity index (χ2v) is 5.36. The summed E-state index contributed by atoms with van der Waals surface area (Å²) in [6.45, 7) is 5.97. The van der Waals surface area contributed by atoms with Gasteiger partial charge in [0, 0.05) is 28.9 Å². The lowest BCUT2D eigenvalue weighted by Crippen LogP contribution is -2.09. The topological polar surface area (TPSA) is 64.7 Å². The van der Waals surface area contributed by atoms with Crippen LogP contribution in [0.1, 0.15) is 29.8 Å². The maximum atomic E-state index is 5.91. The molecule has 3 rings (SSSR count). The quantitative estimate of drug-likeness (QED) is 0.781. The van der Waals surface area contributed by atoms with E-state index < -0.39 is 0 Å². The van der Waals surface area contributed by atoms with E-state index in [1.54, 1.807) is 6.20 Å². The Labute approximate surface area is 124 Å². The fourth-order valence-electron chi connectivity index (χ4n) is 2.51. The minimum Gasteiger partial charge on any atom is -0.324 e. The van der Waals surface area contributed by atoms with Gasteiger partial charge in [-0.15, -0.1) is 0 Å². The van der Waals surface area contributed by atoms with E-state index in [4.69, 9.17) is 5.73 Å². The van der Waals surface area contributed by atoms with Gasteiger partial charge in [0.2, 0.25) is 0 Å². The normalized spacial score (nSPS) is 12.6. The third kappa shape index (κ3) is 2.50. The Kier molecular flexibility index (Phi) is 3.39. The summed E-state index contributed by atoms with van der Waals surface area (Å²) in [5.74, 6) is 0.644. The van der Waals surface area contributed by atoms with Crippen LogP contribution in [0.15, 0.2) is 36.5 Å². The van der Waals surface area contributed by atoms with Crippen molar-refractivity contribution in [1.82, 2.24) is 15.0 Å². The van der Waals surface area contributed by atoms with Gasteiger partial charge >= 0.3 is 0 Å². The number of aromatic nitrogens is 3. The Morgan fingerprint density at radius 1 is 1.10 bits per heavy atom. The van der Waals surface area contributed by atoms with E-state index >= 15 is 0 Å². The van der Waals surface area contributed by atoms with Gasteiger partial charge < -0.3 is 5.73 Å². The van der Waals surface area contributed by atoms with Crippen molar-refractivity contribution < 1.29 is 0 Å². The first-order valence-electron chi connectivity index (χ1n) is 7.02. The number of hydrogen-bond acceptors (Lipinski definition) is 4. The lowest BCUT2D eigenvalue weighted by atomic mass is 10.1. The fraction of sp³-hybridized carbons (Fsp3) is 0.235. The molecule has 3 aromatic rings. The van der Waals surface area contributed by atoms with Crippen molar-refractivity contribution in [2.75, 3.05) is 0 Å². The summed E-state index contributed by atoms with van der Waals surface area (Å²) >= 11 is 0. The molecule has 0 spiro atoms. The first-order valence-corrected chi connectivity index (χ1v) is 7.02. The number of rotatable bonds is 2. The number of hydrogen-bond donors (Lipinski definition) is 1. The van der Waals surface area contributed by atoms with E-state index in [0.29, 0.717) is 5.82 Å². The molecule has 1 aromatic carbocycles. The molecule has 2 N–H and O–H groups in total. The average Bonchev–Trinajstić information content (AvgIpc) is 2.46. The molecule has 0 radical (unpaired) electrons. The molecule has 0 saturated heterocycles. The third-order valence-electron chi connectivity index (χ3n) is 3.66. The number of nitrogens with two attached hydrogens (primary N) is 1. The Morgan fingerprint density at radius 3 is 2.57 bits per heavy atom. The summed E-state index contributed by atoms with van der Waals surface area (Å²) in [5, 5.41) is 1.16. The predicted octanol–water partition coefficient (Wildman–Crippen LogP) is 3.33. The van der Waals surface area contributed by atoms with Crippen LogP contribution in [-0.2, 0) is 0 Å². The number of fused-ring (bicyclic) bond motifs is 1. The molecule has 4 nitrogen and oxygen atoms in total. The van der Waals surface area contributed by atoms with Crippen molar-refractivity contribution in [3.8, 4) is 11.5 Å². The van der Waals surface area contributed by atoms with E-state index in [1.807, 2.05) is 38.1 Å². The SMILES string of the molecule is Cc1nc(-c2cc(C)c3ccccc3n2)ncc1[C@@H](C)N. The zero-order valence-electron chi connectivity index (χ0n) is 12.5. The summed E-state index contributed by atoms with van der Waals surface area (Å²) in [6, 6.07) is 10.1. The summed E-state index contributed by atoms with van der Waals surface area (Å²) in [4.78, 5) is 13.6. The summed E-state index contributed by atoms with van der Waals surface area (Å²) in [7, 11) is 0. The van der Waals surface area contributed by atoms with Gasteiger partial charge in [0.25, 0.3) is 0 Å². The van der Waals surface area contributed by atoms with E-state index in [2.05, 4.69) is 27.9 Å².